The van der Waals surface area contributed by atoms with Gasteiger partial charge in [0.1, 0.15) is 0 Å². The third-order valence-corrected chi connectivity index (χ3v) is 5.94. The number of halogens is 1. The standard InChI is InChI=1S/C21H44N6.HI/c1-5-22-20(24-19-21(2,3)27-15-7-6-8-16-27)23-11-9-13-26-14-10-12-25(4)17-18-26;/h5-19H2,1-4H3,(H2,22,23,24);1H. The quantitative estimate of drug-likeness (QED) is 0.228. The van der Waals surface area contributed by atoms with Gasteiger partial charge in [0.05, 0.1) is 6.54 Å². The minimum Gasteiger partial charge on any atom is -0.357 e. The fourth-order valence-electron chi connectivity index (χ4n) is 4.05. The largest absolute Gasteiger partial charge is 0.357 e. The van der Waals surface area contributed by atoms with Crippen molar-refractivity contribution in [3.63, 3.8) is 0 Å². The molecule has 0 aromatic heterocycles. The summed E-state index contributed by atoms with van der Waals surface area (Å²) < 4.78 is 0. The number of guanidine groups is 1. The number of hydrogen-bond acceptors (Lipinski definition) is 4. The van der Waals surface area contributed by atoms with Crippen LogP contribution in [-0.4, -0.2) is 98.7 Å². The monoisotopic (exact) mass is 508 g/mol. The summed E-state index contributed by atoms with van der Waals surface area (Å²) in [5.41, 5.74) is 0.140. The molecule has 2 rings (SSSR count). The third kappa shape index (κ3) is 9.59. The molecule has 0 saturated carbocycles. The zero-order valence-corrected chi connectivity index (χ0v) is 21.1. The molecule has 2 saturated heterocycles. The van der Waals surface area contributed by atoms with E-state index in [1.807, 2.05) is 0 Å². The van der Waals surface area contributed by atoms with Crippen molar-refractivity contribution in [3.8, 4) is 0 Å². The number of hydrogen-bond donors (Lipinski definition) is 2. The van der Waals surface area contributed by atoms with E-state index in [9.17, 15) is 0 Å². The van der Waals surface area contributed by atoms with Crippen LogP contribution in [0.3, 0.4) is 0 Å². The lowest BCUT2D eigenvalue weighted by atomic mass is 9.99. The van der Waals surface area contributed by atoms with Crippen molar-refractivity contribution in [3.05, 3.63) is 0 Å². The van der Waals surface area contributed by atoms with Gasteiger partial charge in [0.25, 0.3) is 0 Å². The van der Waals surface area contributed by atoms with Crippen molar-refractivity contribution >= 4 is 29.9 Å². The van der Waals surface area contributed by atoms with Crippen molar-refractivity contribution in [2.24, 2.45) is 4.99 Å². The van der Waals surface area contributed by atoms with Gasteiger partial charge < -0.3 is 20.4 Å². The van der Waals surface area contributed by atoms with Gasteiger partial charge in [-0.15, -0.1) is 24.0 Å². The lowest BCUT2D eigenvalue weighted by Gasteiger charge is -2.40. The van der Waals surface area contributed by atoms with Gasteiger partial charge >= 0.3 is 0 Å². The molecule has 0 unspecified atom stereocenters. The van der Waals surface area contributed by atoms with Gasteiger partial charge in [-0.2, -0.15) is 0 Å². The predicted molar refractivity (Wildman–Crippen MR) is 132 cm³/mol. The van der Waals surface area contributed by atoms with Crippen molar-refractivity contribution < 1.29 is 0 Å². The molecule has 0 amide bonds. The topological polar surface area (TPSA) is 46.1 Å². The lowest BCUT2D eigenvalue weighted by Crippen LogP contribution is -2.49. The second-order valence-corrected chi connectivity index (χ2v) is 8.83. The summed E-state index contributed by atoms with van der Waals surface area (Å²) in [4.78, 5) is 12.6. The maximum absolute atomic E-state index is 4.90. The molecule has 2 aliphatic heterocycles. The molecule has 2 N–H and O–H groups in total. The van der Waals surface area contributed by atoms with E-state index in [-0.39, 0.29) is 29.5 Å². The molecular weight excluding hydrogens is 463 g/mol. The lowest BCUT2D eigenvalue weighted by molar-refractivity contribution is 0.102. The van der Waals surface area contributed by atoms with E-state index in [1.165, 1.54) is 77.9 Å². The van der Waals surface area contributed by atoms with Crippen LogP contribution >= 0.6 is 24.0 Å². The first-order chi connectivity index (χ1) is 13.0. The van der Waals surface area contributed by atoms with Crippen molar-refractivity contribution in [2.75, 3.05) is 72.5 Å². The first kappa shape index (κ1) is 25.9. The smallest absolute Gasteiger partial charge is 0.191 e. The van der Waals surface area contributed by atoms with E-state index in [1.54, 1.807) is 0 Å². The molecule has 0 aromatic carbocycles. The molecule has 2 fully saturated rings. The van der Waals surface area contributed by atoms with Gasteiger partial charge in [-0.25, -0.2) is 0 Å². The van der Waals surface area contributed by atoms with Gasteiger partial charge in [-0.05, 0) is 86.2 Å². The Kier molecular flexibility index (Phi) is 12.9. The van der Waals surface area contributed by atoms with Gasteiger partial charge in [-0.3, -0.25) is 9.89 Å². The minimum absolute atomic E-state index is 0. The van der Waals surface area contributed by atoms with Crippen LogP contribution in [0.5, 0.6) is 0 Å². The molecule has 0 bridgehead atoms. The van der Waals surface area contributed by atoms with E-state index in [0.29, 0.717) is 0 Å². The van der Waals surface area contributed by atoms with Gasteiger partial charge in [0.15, 0.2) is 5.96 Å². The molecule has 2 aliphatic rings. The summed E-state index contributed by atoms with van der Waals surface area (Å²) in [6.07, 6.45) is 6.51. The van der Waals surface area contributed by atoms with Crippen molar-refractivity contribution in [2.45, 2.75) is 58.4 Å². The second-order valence-electron chi connectivity index (χ2n) is 8.83. The Morgan fingerprint density at radius 2 is 1.68 bits per heavy atom. The van der Waals surface area contributed by atoms with Crippen LogP contribution in [-0.2, 0) is 0 Å². The van der Waals surface area contributed by atoms with Crippen LogP contribution in [0.4, 0.5) is 0 Å². The Labute approximate surface area is 190 Å². The van der Waals surface area contributed by atoms with E-state index in [0.717, 1.165) is 25.6 Å². The number of likely N-dealkylation sites (N-methyl/N-ethyl adjacent to an activating group) is 1. The molecular formula is C21H45IN6. The average molecular weight is 509 g/mol. The maximum atomic E-state index is 4.90. The summed E-state index contributed by atoms with van der Waals surface area (Å²) in [7, 11) is 2.23. The van der Waals surface area contributed by atoms with Crippen molar-refractivity contribution in [1.29, 1.82) is 0 Å². The Morgan fingerprint density at radius 3 is 2.39 bits per heavy atom. The van der Waals surface area contributed by atoms with Crippen LogP contribution in [0.2, 0.25) is 0 Å². The molecule has 7 heteroatoms. The molecule has 166 valence electrons. The highest BCUT2D eigenvalue weighted by Crippen LogP contribution is 2.20. The first-order valence-electron chi connectivity index (χ1n) is 11.2. The molecule has 0 radical (unpaired) electrons. The Morgan fingerprint density at radius 1 is 0.929 bits per heavy atom. The number of piperidine rings is 1. The maximum Gasteiger partial charge on any atom is 0.191 e. The van der Waals surface area contributed by atoms with Crippen LogP contribution in [0.15, 0.2) is 4.99 Å². The zero-order chi connectivity index (χ0) is 19.5. The Bertz CT molecular complexity index is 437. The van der Waals surface area contributed by atoms with Gasteiger partial charge in [-0.1, -0.05) is 6.42 Å². The van der Waals surface area contributed by atoms with E-state index >= 15 is 0 Å². The van der Waals surface area contributed by atoms with Crippen LogP contribution in [0, 0.1) is 0 Å². The number of likely N-dealkylation sites (tertiary alicyclic amines) is 1. The molecule has 0 aliphatic carbocycles. The number of rotatable bonds is 8. The number of aliphatic imine (C=N–C) groups is 1. The second kappa shape index (κ2) is 14.0. The van der Waals surface area contributed by atoms with Crippen LogP contribution < -0.4 is 10.6 Å². The predicted octanol–water partition coefficient (Wildman–Crippen LogP) is 2.45. The normalized spacial score (nSPS) is 21.1. The number of nitrogens with one attached hydrogen (secondary N) is 2. The average Bonchev–Trinajstić information content (AvgIpc) is 2.88. The van der Waals surface area contributed by atoms with Crippen LogP contribution in [0.1, 0.15) is 52.9 Å². The Balaban J connectivity index is 0.00000392. The van der Waals surface area contributed by atoms with Crippen molar-refractivity contribution in [1.82, 2.24) is 25.3 Å². The fraction of sp³-hybridized carbons (Fsp3) is 0.952. The summed E-state index contributed by atoms with van der Waals surface area (Å²) >= 11 is 0. The molecule has 0 aromatic rings. The molecule has 28 heavy (non-hydrogen) atoms. The fourth-order valence-corrected chi connectivity index (χ4v) is 4.05. The highest BCUT2D eigenvalue weighted by molar-refractivity contribution is 14.0. The van der Waals surface area contributed by atoms with Crippen LogP contribution in [0.25, 0.3) is 0 Å². The highest BCUT2D eigenvalue weighted by atomic mass is 127. The van der Waals surface area contributed by atoms with E-state index in [4.69, 9.17) is 4.99 Å². The van der Waals surface area contributed by atoms with E-state index in [2.05, 4.69) is 53.2 Å². The van der Waals surface area contributed by atoms with E-state index < -0.39 is 0 Å². The summed E-state index contributed by atoms with van der Waals surface area (Å²) in [5, 5.41) is 6.96. The minimum atomic E-state index is 0. The zero-order valence-electron chi connectivity index (χ0n) is 18.8. The van der Waals surface area contributed by atoms with Gasteiger partial charge in [0.2, 0.25) is 0 Å². The Hall–Kier alpha value is -0.120. The molecule has 2 heterocycles. The first-order valence-corrected chi connectivity index (χ1v) is 11.2. The summed E-state index contributed by atoms with van der Waals surface area (Å²) in [5.74, 6) is 0.971. The summed E-state index contributed by atoms with van der Waals surface area (Å²) in [6, 6.07) is 0. The summed E-state index contributed by atoms with van der Waals surface area (Å²) in [6.45, 7) is 18.1. The molecule has 0 spiro atoms. The molecule has 6 nitrogen and oxygen atoms in total. The third-order valence-electron chi connectivity index (χ3n) is 5.94. The SMILES string of the molecule is CCNC(=NCC(C)(C)N1CCCCC1)NCCCN1CCCN(C)CC1.I. The number of nitrogens with zero attached hydrogens (tertiary/aromatic N) is 4. The highest BCUT2D eigenvalue weighted by Gasteiger charge is 2.27. The molecule has 0 atom stereocenters. The van der Waals surface area contributed by atoms with Gasteiger partial charge in [0, 0.05) is 31.7 Å².